The molecule has 0 bridgehead atoms. The monoisotopic (exact) mass is 288 g/mol. The quantitative estimate of drug-likeness (QED) is 0.446. The van der Waals surface area contributed by atoms with Crippen molar-refractivity contribution in [1.82, 2.24) is 4.37 Å². The zero-order chi connectivity index (χ0) is 14.3. The highest BCUT2D eigenvalue weighted by Crippen LogP contribution is 2.27. The number of hydrogen-bond donors (Lipinski definition) is 3. The first-order valence-electron chi connectivity index (χ1n) is 5.58. The highest BCUT2D eigenvalue weighted by Gasteiger charge is 2.20. The highest BCUT2D eigenvalue weighted by molar-refractivity contribution is 7.11. The molecule has 0 aliphatic rings. The molecule has 0 aliphatic heterocycles. The van der Waals surface area contributed by atoms with Gasteiger partial charge in [0.25, 0.3) is 0 Å². The normalized spacial score (nSPS) is 10.2. The summed E-state index contributed by atoms with van der Waals surface area (Å²) in [6, 6.07) is 0. The summed E-state index contributed by atoms with van der Waals surface area (Å²) < 4.78 is 13.7. The van der Waals surface area contributed by atoms with Crippen molar-refractivity contribution in [1.29, 1.82) is 0 Å². The van der Waals surface area contributed by atoms with Gasteiger partial charge < -0.3 is 26.3 Å². The summed E-state index contributed by atoms with van der Waals surface area (Å²) in [5, 5.41) is 3.46. The minimum absolute atomic E-state index is 0.129. The Kier molecular flexibility index (Phi) is 6.03. The maximum atomic E-state index is 11.7. The molecule has 0 saturated heterocycles. The summed E-state index contributed by atoms with van der Waals surface area (Å²) in [5.74, 6) is -0.924. The van der Waals surface area contributed by atoms with Gasteiger partial charge in [0.1, 0.15) is 17.2 Å². The number of nitrogens with zero attached hydrogens (tertiary/aromatic N) is 1. The van der Waals surface area contributed by atoms with Gasteiger partial charge in [-0.1, -0.05) is 0 Å². The number of aromatic nitrogens is 1. The predicted molar refractivity (Wildman–Crippen MR) is 71.0 cm³/mol. The first-order chi connectivity index (χ1) is 9.06. The van der Waals surface area contributed by atoms with Gasteiger partial charge in [-0.05, 0) is 18.5 Å². The number of rotatable bonds is 8. The summed E-state index contributed by atoms with van der Waals surface area (Å²) >= 11 is 1.06. The molecule has 0 radical (unpaired) electrons. The average Bonchev–Trinajstić information content (AvgIpc) is 2.70. The molecule has 106 valence electrons. The lowest BCUT2D eigenvalue weighted by Gasteiger charge is -2.06. The van der Waals surface area contributed by atoms with Gasteiger partial charge in [-0.15, -0.1) is 0 Å². The van der Waals surface area contributed by atoms with Crippen LogP contribution in [0.2, 0.25) is 0 Å². The standard InChI is InChI=1S/C10H16N4O4S/c1-2-18-10(16)7-8(12)14-19-9(7)13-3-4-17-5-6(11)15/h13H,2-5H2,1H3,(H2,11,15)(H2,12,14). The molecule has 0 unspecified atom stereocenters. The number of esters is 1. The Morgan fingerprint density at radius 3 is 2.84 bits per heavy atom. The number of anilines is 2. The largest absolute Gasteiger partial charge is 0.462 e. The van der Waals surface area contributed by atoms with Crippen LogP contribution in [0.1, 0.15) is 17.3 Å². The van der Waals surface area contributed by atoms with Gasteiger partial charge in [0.05, 0.1) is 13.2 Å². The van der Waals surface area contributed by atoms with E-state index in [-0.39, 0.29) is 31.2 Å². The van der Waals surface area contributed by atoms with Crippen LogP contribution in [0.3, 0.4) is 0 Å². The molecule has 1 heterocycles. The molecule has 0 saturated carbocycles. The fourth-order valence-electron chi connectivity index (χ4n) is 1.23. The van der Waals surface area contributed by atoms with E-state index in [4.69, 9.17) is 20.9 Å². The average molecular weight is 288 g/mol. The second-order valence-corrected chi connectivity index (χ2v) is 4.21. The Labute approximate surface area is 114 Å². The summed E-state index contributed by atoms with van der Waals surface area (Å²) in [6.07, 6.45) is 0. The molecule has 1 rings (SSSR count). The van der Waals surface area contributed by atoms with Crippen LogP contribution < -0.4 is 16.8 Å². The van der Waals surface area contributed by atoms with E-state index in [0.29, 0.717) is 11.5 Å². The molecular formula is C10H16N4O4S. The number of amides is 1. The molecule has 1 amide bonds. The van der Waals surface area contributed by atoms with Crippen molar-refractivity contribution in [2.75, 3.05) is 37.4 Å². The maximum Gasteiger partial charge on any atom is 0.344 e. The van der Waals surface area contributed by atoms with E-state index >= 15 is 0 Å². The van der Waals surface area contributed by atoms with E-state index in [9.17, 15) is 9.59 Å². The van der Waals surface area contributed by atoms with Gasteiger partial charge in [0.2, 0.25) is 5.91 Å². The Morgan fingerprint density at radius 2 is 2.21 bits per heavy atom. The lowest BCUT2D eigenvalue weighted by Crippen LogP contribution is -2.20. The van der Waals surface area contributed by atoms with Crippen molar-refractivity contribution in [2.45, 2.75) is 6.92 Å². The van der Waals surface area contributed by atoms with Crippen LogP contribution in [-0.2, 0) is 14.3 Å². The Bertz CT molecular complexity index is 449. The van der Waals surface area contributed by atoms with Crippen LogP contribution in [-0.4, -0.2) is 42.6 Å². The zero-order valence-electron chi connectivity index (χ0n) is 10.5. The van der Waals surface area contributed by atoms with Crippen LogP contribution in [0.25, 0.3) is 0 Å². The van der Waals surface area contributed by atoms with Crippen LogP contribution in [0, 0.1) is 0 Å². The molecular weight excluding hydrogens is 272 g/mol. The summed E-state index contributed by atoms with van der Waals surface area (Å²) in [5.41, 5.74) is 10.7. The molecule has 8 nitrogen and oxygen atoms in total. The number of nitrogen functional groups attached to an aromatic ring is 1. The number of nitrogens with one attached hydrogen (secondary N) is 1. The minimum atomic E-state index is -0.533. The van der Waals surface area contributed by atoms with Crippen molar-refractivity contribution >= 4 is 34.2 Å². The summed E-state index contributed by atoms with van der Waals surface area (Å²) in [7, 11) is 0. The third-order valence-electron chi connectivity index (χ3n) is 1.97. The minimum Gasteiger partial charge on any atom is -0.462 e. The Hall–Kier alpha value is -1.87. The smallest absolute Gasteiger partial charge is 0.344 e. The van der Waals surface area contributed by atoms with Crippen molar-refractivity contribution in [3.8, 4) is 0 Å². The maximum absolute atomic E-state index is 11.7. The molecule has 1 aromatic rings. The van der Waals surface area contributed by atoms with Gasteiger partial charge in [0, 0.05) is 6.54 Å². The second kappa shape index (κ2) is 7.54. The number of nitrogens with two attached hydrogens (primary N) is 2. The van der Waals surface area contributed by atoms with Crippen molar-refractivity contribution < 1.29 is 19.1 Å². The molecule has 1 aromatic heterocycles. The lowest BCUT2D eigenvalue weighted by atomic mass is 10.3. The van der Waals surface area contributed by atoms with Crippen LogP contribution in [0.4, 0.5) is 10.8 Å². The number of ether oxygens (including phenoxy) is 2. The predicted octanol–water partition coefficient (Wildman–Crippen LogP) is -0.184. The fourth-order valence-corrected chi connectivity index (χ4v) is 1.96. The number of carbonyl (C=O) groups excluding carboxylic acids is 2. The van der Waals surface area contributed by atoms with Gasteiger partial charge in [-0.3, -0.25) is 4.79 Å². The molecule has 0 aliphatic carbocycles. The van der Waals surface area contributed by atoms with Crippen LogP contribution >= 0.6 is 11.5 Å². The molecule has 19 heavy (non-hydrogen) atoms. The first kappa shape index (κ1) is 15.2. The lowest BCUT2D eigenvalue weighted by molar-refractivity contribution is -0.122. The van der Waals surface area contributed by atoms with Gasteiger partial charge in [-0.2, -0.15) is 4.37 Å². The van der Waals surface area contributed by atoms with E-state index in [1.165, 1.54) is 0 Å². The summed E-state index contributed by atoms with van der Waals surface area (Å²) in [4.78, 5) is 22.1. The van der Waals surface area contributed by atoms with Crippen molar-refractivity contribution in [3.63, 3.8) is 0 Å². The third-order valence-corrected chi connectivity index (χ3v) is 2.79. The SMILES string of the molecule is CCOC(=O)c1c(N)nsc1NCCOCC(N)=O. The number of carbonyl (C=O) groups is 2. The number of primary amides is 1. The van der Waals surface area contributed by atoms with E-state index in [1.807, 2.05) is 0 Å². The Balaban J connectivity index is 2.50. The zero-order valence-corrected chi connectivity index (χ0v) is 11.3. The van der Waals surface area contributed by atoms with E-state index in [0.717, 1.165) is 11.5 Å². The highest BCUT2D eigenvalue weighted by atomic mass is 32.1. The molecule has 0 spiro atoms. The van der Waals surface area contributed by atoms with Crippen molar-refractivity contribution in [2.24, 2.45) is 5.73 Å². The second-order valence-electron chi connectivity index (χ2n) is 3.44. The Morgan fingerprint density at radius 1 is 1.47 bits per heavy atom. The molecule has 0 atom stereocenters. The van der Waals surface area contributed by atoms with Crippen LogP contribution in [0.15, 0.2) is 0 Å². The molecule has 0 aromatic carbocycles. The topological polar surface area (TPSA) is 130 Å². The molecule has 9 heteroatoms. The fraction of sp³-hybridized carbons (Fsp3) is 0.500. The molecule has 5 N–H and O–H groups in total. The van der Waals surface area contributed by atoms with E-state index < -0.39 is 11.9 Å². The van der Waals surface area contributed by atoms with Crippen LogP contribution in [0.5, 0.6) is 0 Å². The van der Waals surface area contributed by atoms with Crippen molar-refractivity contribution in [3.05, 3.63) is 5.56 Å². The first-order valence-corrected chi connectivity index (χ1v) is 6.35. The van der Waals surface area contributed by atoms with Gasteiger partial charge >= 0.3 is 5.97 Å². The van der Waals surface area contributed by atoms with Gasteiger partial charge in [0.15, 0.2) is 5.82 Å². The van der Waals surface area contributed by atoms with E-state index in [1.54, 1.807) is 6.92 Å². The van der Waals surface area contributed by atoms with E-state index in [2.05, 4.69) is 9.69 Å². The molecule has 0 fully saturated rings. The third kappa shape index (κ3) is 4.72. The van der Waals surface area contributed by atoms with Gasteiger partial charge in [-0.25, -0.2) is 4.79 Å². The number of hydrogen-bond acceptors (Lipinski definition) is 8. The summed E-state index contributed by atoms with van der Waals surface area (Å²) in [6.45, 7) is 2.48.